The van der Waals surface area contributed by atoms with Gasteiger partial charge in [0.1, 0.15) is 5.82 Å². The second-order valence-corrected chi connectivity index (χ2v) is 4.30. The number of thiophene rings is 1. The van der Waals surface area contributed by atoms with Crippen LogP contribution in [0.5, 0.6) is 0 Å². The van der Waals surface area contributed by atoms with Crippen molar-refractivity contribution in [3.05, 3.63) is 38.5 Å². The number of rotatable bonds is 1. The maximum absolute atomic E-state index is 13.2. The quantitative estimate of drug-likeness (QED) is 0.556. The standard InChI is InChI=1S/C8H3ClFNO2S/c9-7-3-4-6(11(12)13)2-1-5(10)8(4)14-7/h1-3H. The molecule has 1 aromatic heterocycles. The van der Waals surface area contributed by atoms with Crippen molar-refractivity contribution in [2.24, 2.45) is 0 Å². The van der Waals surface area contributed by atoms with Gasteiger partial charge in [-0.1, -0.05) is 11.6 Å². The van der Waals surface area contributed by atoms with Gasteiger partial charge in [-0.25, -0.2) is 4.39 Å². The van der Waals surface area contributed by atoms with E-state index in [1.54, 1.807) is 0 Å². The van der Waals surface area contributed by atoms with E-state index in [0.29, 0.717) is 4.34 Å². The summed E-state index contributed by atoms with van der Waals surface area (Å²) in [7, 11) is 0. The summed E-state index contributed by atoms with van der Waals surface area (Å²) in [5.74, 6) is -0.484. The minimum Gasteiger partial charge on any atom is -0.258 e. The van der Waals surface area contributed by atoms with Crippen molar-refractivity contribution in [3.8, 4) is 0 Å². The molecule has 0 spiro atoms. The molecule has 6 heteroatoms. The molecule has 0 aliphatic heterocycles. The van der Waals surface area contributed by atoms with Gasteiger partial charge in [0.05, 0.1) is 19.3 Å². The third-order valence-corrected chi connectivity index (χ3v) is 3.05. The van der Waals surface area contributed by atoms with E-state index >= 15 is 0 Å². The molecule has 1 aromatic carbocycles. The summed E-state index contributed by atoms with van der Waals surface area (Å²) >= 11 is 6.66. The van der Waals surface area contributed by atoms with Crippen molar-refractivity contribution in [1.82, 2.24) is 0 Å². The van der Waals surface area contributed by atoms with Crippen LogP contribution in [0.15, 0.2) is 18.2 Å². The van der Waals surface area contributed by atoms with E-state index in [2.05, 4.69) is 0 Å². The lowest BCUT2D eigenvalue weighted by Gasteiger charge is -1.93. The van der Waals surface area contributed by atoms with E-state index in [1.807, 2.05) is 0 Å². The van der Waals surface area contributed by atoms with Gasteiger partial charge in [0.15, 0.2) is 0 Å². The molecular weight excluding hydrogens is 229 g/mol. The number of benzene rings is 1. The number of halogens is 2. The molecule has 0 unspecified atom stereocenters. The Morgan fingerprint density at radius 2 is 2.21 bits per heavy atom. The summed E-state index contributed by atoms with van der Waals surface area (Å²) in [5, 5.41) is 10.8. The van der Waals surface area contributed by atoms with Crippen LogP contribution in [-0.2, 0) is 0 Å². The van der Waals surface area contributed by atoms with Gasteiger partial charge in [0, 0.05) is 6.07 Å². The normalized spacial score (nSPS) is 10.7. The minimum absolute atomic E-state index is 0.121. The monoisotopic (exact) mass is 231 g/mol. The van der Waals surface area contributed by atoms with Crippen LogP contribution in [0, 0.1) is 15.9 Å². The number of non-ortho nitro benzene ring substituents is 1. The van der Waals surface area contributed by atoms with Crippen LogP contribution < -0.4 is 0 Å². The van der Waals surface area contributed by atoms with Gasteiger partial charge in [-0.05, 0) is 12.1 Å². The third-order valence-electron chi connectivity index (χ3n) is 1.78. The van der Waals surface area contributed by atoms with Crippen LogP contribution in [0.3, 0.4) is 0 Å². The van der Waals surface area contributed by atoms with Gasteiger partial charge in [-0.3, -0.25) is 10.1 Å². The highest BCUT2D eigenvalue weighted by Crippen LogP contribution is 2.36. The lowest BCUT2D eigenvalue weighted by Crippen LogP contribution is -1.88. The molecule has 0 N–H and O–H groups in total. The molecule has 0 atom stereocenters. The molecule has 0 amide bonds. The number of nitro benzene ring substituents is 1. The summed E-state index contributed by atoms with van der Waals surface area (Å²) in [6.07, 6.45) is 0. The highest BCUT2D eigenvalue weighted by atomic mass is 35.5. The van der Waals surface area contributed by atoms with Crippen molar-refractivity contribution in [2.75, 3.05) is 0 Å². The van der Waals surface area contributed by atoms with Gasteiger partial charge in [-0.15, -0.1) is 11.3 Å². The molecule has 1 heterocycles. The maximum atomic E-state index is 13.2. The second kappa shape index (κ2) is 3.18. The van der Waals surface area contributed by atoms with Crippen LogP contribution in [0.1, 0.15) is 0 Å². The summed E-state index contributed by atoms with van der Waals surface area (Å²) < 4.78 is 13.7. The predicted molar refractivity (Wildman–Crippen MR) is 53.4 cm³/mol. The highest BCUT2D eigenvalue weighted by molar-refractivity contribution is 7.22. The Morgan fingerprint density at radius 3 is 2.86 bits per heavy atom. The molecule has 14 heavy (non-hydrogen) atoms. The van der Waals surface area contributed by atoms with E-state index < -0.39 is 10.7 Å². The first-order chi connectivity index (χ1) is 6.59. The maximum Gasteiger partial charge on any atom is 0.278 e. The number of nitro groups is 1. The Labute approximate surface area is 86.9 Å². The van der Waals surface area contributed by atoms with Crippen LogP contribution in [-0.4, -0.2) is 4.92 Å². The lowest BCUT2D eigenvalue weighted by atomic mass is 10.2. The zero-order chi connectivity index (χ0) is 10.3. The van der Waals surface area contributed by atoms with E-state index in [9.17, 15) is 14.5 Å². The average molecular weight is 232 g/mol. The van der Waals surface area contributed by atoms with E-state index in [1.165, 1.54) is 6.07 Å². The largest absolute Gasteiger partial charge is 0.278 e. The molecule has 2 rings (SSSR count). The van der Waals surface area contributed by atoms with E-state index in [0.717, 1.165) is 23.5 Å². The SMILES string of the molecule is O=[N+]([O-])c1ccc(F)c2sc(Cl)cc12. The number of nitrogens with zero attached hydrogens (tertiary/aromatic N) is 1. The summed E-state index contributed by atoms with van der Waals surface area (Å²) in [6, 6.07) is 3.62. The Balaban J connectivity index is 2.87. The first-order valence-corrected chi connectivity index (χ1v) is 4.81. The Morgan fingerprint density at radius 1 is 1.50 bits per heavy atom. The molecule has 2 aromatic rings. The topological polar surface area (TPSA) is 43.1 Å². The molecular formula is C8H3ClFNO2S. The van der Waals surface area contributed by atoms with Crippen molar-refractivity contribution in [3.63, 3.8) is 0 Å². The van der Waals surface area contributed by atoms with Gasteiger partial charge in [-0.2, -0.15) is 0 Å². The zero-order valence-electron chi connectivity index (χ0n) is 6.66. The highest BCUT2D eigenvalue weighted by Gasteiger charge is 2.16. The Kier molecular flexibility index (Phi) is 2.13. The lowest BCUT2D eigenvalue weighted by molar-refractivity contribution is -0.383. The van der Waals surface area contributed by atoms with Crippen molar-refractivity contribution in [2.45, 2.75) is 0 Å². The molecule has 0 aliphatic carbocycles. The van der Waals surface area contributed by atoms with Crippen LogP contribution in [0.2, 0.25) is 4.34 Å². The van der Waals surface area contributed by atoms with Crippen LogP contribution in [0.25, 0.3) is 10.1 Å². The van der Waals surface area contributed by atoms with Crippen LogP contribution in [0.4, 0.5) is 10.1 Å². The fourth-order valence-corrected chi connectivity index (χ4v) is 2.36. The molecule has 0 bridgehead atoms. The smallest absolute Gasteiger partial charge is 0.258 e. The first-order valence-electron chi connectivity index (χ1n) is 3.61. The summed E-state index contributed by atoms with van der Waals surface area (Å²) in [6.45, 7) is 0. The molecule has 0 radical (unpaired) electrons. The van der Waals surface area contributed by atoms with Crippen molar-refractivity contribution < 1.29 is 9.31 Å². The second-order valence-electron chi connectivity index (χ2n) is 2.62. The molecule has 3 nitrogen and oxygen atoms in total. The molecule has 0 saturated heterocycles. The van der Waals surface area contributed by atoms with Gasteiger partial charge in [0.2, 0.25) is 0 Å². The Hall–Kier alpha value is -1.20. The molecule has 0 saturated carbocycles. The fraction of sp³-hybridized carbons (Fsp3) is 0. The van der Waals surface area contributed by atoms with Crippen LogP contribution >= 0.6 is 22.9 Å². The molecule has 0 fully saturated rings. The number of hydrogen-bond acceptors (Lipinski definition) is 3. The van der Waals surface area contributed by atoms with Crippen molar-refractivity contribution in [1.29, 1.82) is 0 Å². The minimum atomic E-state index is -0.551. The predicted octanol–water partition coefficient (Wildman–Crippen LogP) is 3.60. The van der Waals surface area contributed by atoms with Gasteiger partial charge < -0.3 is 0 Å². The zero-order valence-corrected chi connectivity index (χ0v) is 8.23. The van der Waals surface area contributed by atoms with Crippen molar-refractivity contribution >= 4 is 38.7 Å². The molecule has 0 aliphatic rings. The van der Waals surface area contributed by atoms with E-state index in [-0.39, 0.29) is 15.8 Å². The van der Waals surface area contributed by atoms with Gasteiger partial charge >= 0.3 is 0 Å². The van der Waals surface area contributed by atoms with E-state index in [4.69, 9.17) is 11.6 Å². The number of hydrogen-bond donors (Lipinski definition) is 0. The summed E-state index contributed by atoms with van der Waals surface area (Å²) in [4.78, 5) is 10.0. The average Bonchev–Trinajstić information content (AvgIpc) is 2.47. The summed E-state index contributed by atoms with van der Waals surface area (Å²) in [5.41, 5.74) is -0.121. The number of fused-ring (bicyclic) bond motifs is 1. The fourth-order valence-electron chi connectivity index (χ4n) is 1.21. The van der Waals surface area contributed by atoms with Gasteiger partial charge in [0.25, 0.3) is 5.69 Å². The molecule has 72 valence electrons. The first kappa shape index (κ1) is 9.36. The third kappa shape index (κ3) is 1.34. The Bertz CT molecular complexity index is 525.